The highest BCUT2D eigenvalue weighted by molar-refractivity contribution is 8.14. The van der Waals surface area contributed by atoms with Gasteiger partial charge in [-0.2, -0.15) is 5.26 Å². The lowest BCUT2D eigenvalue weighted by atomic mass is 10.2. The van der Waals surface area contributed by atoms with Gasteiger partial charge in [0.25, 0.3) is 0 Å². The molecule has 4 heteroatoms. The van der Waals surface area contributed by atoms with E-state index < -0.39 is 0 Å². The monoisotopic (exact) mass is 217 g/mol. The van der Waals surface area contributed by atoms with E-state index in [9.17, 15) is 0 Å². The van der Waals surface area contributed by atoms with Crippen LogP contribution in [0.25, 0.3) is 0 Å². The van der Waals surface area contributed by atoms with Gasteiger partial charge in [-0.05, 0) is 30.7 Å². The number of anilines is 1. The smallest absolute Gasteiger partial charge is 0.161 e. The fourth-order valence-corrected chi connectivity index (χ4v) is 2.13. The predicted molar refractivity (Wildman–Crippen MR) is 64.2 cm³/mol. The van der Waals surface area contributed by atoms with Crippen molar-refractivity contribution < 1.29 is 0 Å². The van der Waals surface area contributed by atoms with Gasteiger partial charge in [-0.25, -0.2) is 0 Å². The molecule has 1 aliphatic heterocycles. The zero-order valence-corrected chi connectivity index (χ0v) is 9.05. The first-order chi connectivity index (χ1) is 7.38. The Bertz CT molecular complexity index is 403. The van der Waals surface area contributed by atoms with E-state index in [1.54, 1.807) is 23.9 Å². The van der Waals surface area contributed by atoms with Gasteiger partial charge in [-0.3, -0.25) is 4.99 Å². The largest absolute Gasteiger partial charge is 0.335 e. The molecule has 0 bridgehead atoms. The molecule has 0 spiro atoms. The number of benzene rings is 1. The molecule has 0 amide bonds. The fraction of sp³-hybridized carbons (Fsp3) is 0.273. The number of hydrogen-bond acceptors (Lipinski definition) is 4. The molecule has 0 atom stereocenters. The SMILES string of the molecule is N#Cc1ccc(NC2=NCCCS2)cc1. The second-order valence-electron chi connectivity index (χ2n) is 3.20. The van der Waals surface area contributed by atoms with Crippen molar-refractivity contribution in [2.24, 2.45) is 4.99 Å². The number of nitrogens with zero attached hydrogens (tertiary/aromatic N) is 2. The standard InChI is InChI=1S/C11H11N3S/c12-8-9-2-4-10(5-3-9)14-11-13-6-1-7-15-11/h2-5H,1,6-7H2,(H,13,14). The Morgan fingerprint density at radius 2 is 2.13 bits per heavy atom. The molecule has 76 valence electrons. The lowest BCUT2D eigenvalue weighted by Crippen LogP contribution is -2.13. The van der Waals surface area contributed by atoms with Crippen molar-refractivity contribution in [2.75, 3.05) is 17.6 Å². The molecule has 2 rings (SSSR count). The third-order valence-electron chi connectivity index (χ3n) is 2.06. The van der Waals surface area contributed by atoms with E-state index in [1.807, 2.05) is 12.1 Å². The molecule has 1 aliphatic rings. The first-order valence-corrected chi connectivity index (χ1v) is 5.81. The van der Waals surface area contributed by atoms with Crippen LogP contribution in [-0.4, -0.2) is 17.5 Å². The second kappa shape index (κ2) is 4.85. The highest BCUT2D eigenvalue weighted by atomic mass is 32.2. The summed E-state index contributed by atoms with van der Waals surface area (Å²) in [4.78, 5) is 4.37. The molecule has 0 saturated carbocycles. The second-order valence-corrected chi connectivity index (χ2v) is 4.29. The van der Waals surface area contributed by atoms with Crippen LogP contribution in [0.2, 0.25) is 0 Å². The van der Waals surface area contributed by atoms with Crippen LogP contribution in [0.1, 0.15) is 12.0 Å². The van der Waals surface area contributed by atoms with Crippen molar-refractivity contribution in [3.05, 3.63) is 29.8 Å². The molecule has 1 N–H and O–H groups in total. The Labute approximate surface area is 93.2 Å². The predicted octanol–water partition coefficient (Wildman–Crippen LogP) is 2.46. The van der Waals surface area contributed by atoms with Gasteiger partial charge < -0.3 is 5.32 Å². The maximum atomic E-state index is 8.65. The number of rotatable bonds is 1. The number of aliphatic imine (C=N–C) groups is 1. The molecular formula is C11H11N3S. The normalized spacial score (nSPS) is 15.3. The first kappa shape index (κ1) is 10.1. The van der Waals surface area contributed by atoms with Crippen molar-refractivity contribution in [1.82, 2.24) is 0 Å². The van der Waals surface area contributed by atoms with Crippen LogP contribution in [-0.2, 0) is 0 Å². The molecule has 0 radical (unpaired) electrons. The Balaban J connectivity index is 2.04. The van der Waals surface area contributed by atoms with Crippen LogP contribution in [0.5, 0.6) is 0 Å². The summed E-state index contributed by atoms with van der Waals surface area (Å²) >= 11 is 1.74. The van der Waals surface area contributed by atoms with Crippen molar-refractivity contribution in [3.63, 3.8) is 0 Å². The van der Waals surface area contributed by atoms with E-state index in [4.69, 9.17) is 5.26 Å². The van der Waals surface area contributed by atoms with Crippen molar-refractivity contribution >= 4 is 22.6 Å². The van der Waals surface area contributed by atoms with E-state index in [1.165, 1.54) is 0 Å². The fourth-order valence-electron chi connectivity index (χ4n) is 1.29. The number of hydrogen-bond donors (Lipinski definition) is 1. The number of nitriles is 1. The molecule has 3 nitrogen and oxygen atoms in total. The molecule has 0 saturated heterocycles. The summed E-state index contributed by atoms with van der Waals surface area (Å²) in [7, 11) is 0. The molecule has 0 aromatic heterocycles. The van der Waals surface area contributed by atoms with Gasteiger partial charge >= 0.3 is 0 Å². The van der Waals surface area contributed by atoms with Crippen LogP contribution in [0.15, 0.2) is 29.3 Å². The highest BCUT2D eigenvalue weighted by Gasteiger charge is 2.05. The average molecular weight is 217 g/mol. The van der Waals surface area contributed by atoms with Crippen molar-refractivity contribution in [2.45, 2.75) is 6.42 Å². The van der Waals surface area contributed by atoms with Gasteiger partial charge in [0.1, 0.15) is 0 Å². The van der Waals surface area contributed by atoms with E-state index in [2.05, 4.69) is 16.4 Å². The molecule has 0 fully saturated rings. The maximum Gasteiger partial charge on any atom is 0.161 e. The van der Waals surface area contributed by atoms with E-state index in [0.29, 0.717) is 5.56 Å². The van der Waals surface area contributed by atoms with Crippen LogP contribution in [0, 0.1) is 11.3 Å². The van der Waals surface area contributed by atoms with Crippen molar-refractivity contribution in [1.29, 1.82) is 5.26 Å². The molecule has 15 heavy (non-hydrogen) atoms. The minimum Gasteiger partial charge on any atom is -0.335 e. The van der Waals surface area contributed by atoms with Gasteiger partial charge in [-0.1, -0.05) is 11.8 Å². The lowest BCUT2D eigenvalue weighted by molar-refractivity contribution is 0.938. The van der Waals surface area contributed by atoms with Gasteiger partial charge in [0, 0.05) is 18.0 Å². The third-order valence-corrected chi connectivity index (χ3v) is 3.06. The summed E-state index contributed by atoms with van der Waals surface area (Å²) in [5.74, 6) is 1.13. The molecule has 1 aromatic rings. The van der Waals surface area contributed by atoms with E-state index in [-0.39, 0.29) is 0 Å². The quantitative estimate of drug-likeness (QED) is 0.786. The average Bonchev–Trinajstić information content (AvgIpc) is 2.31. The first-order valence-electron chi connectivity index (χ1n) is 4.83. The van der Waals surface area contributed by atoms with Crippen LogP contribution in [0.3, 0.4) is 0 Å². The Kier molecular flexibility index (Phi) is 3.25. The number of nitrogens with one attached hydrogen (secondary N) is 1. The van der Waals surface area contributed by atoms with Crippen LogP contribution in [0.4, 0.5) is 5.69 Å². The Hall–Kier alpha value is -1.47. The zero-order chi connectivity index (χ0) is 10.5. The van der Waals surface area contributed by atoms with Crippen LogP contribution >= 0.6 is 11.8 Å². The third kappa shape index (κ3) is 2.74. The van der Waals surface area contributed by atoms with Crippen molar-refractivity contribution in [3.8, 4) is 6.07 Å². The number of amidine groups is 1. The molecular weight excluding hydrogens is 206 g/mol. The summed E-state index contributed by atoms with van der Waals surface area (Å²) < 4.78 is 0. The van der Waals surface area contributed by atoms with Gasteiger partial charge in [0.05, 0.1) is 11.6 Å². The highest BCUT2D eigenvalue weighted by Crippen LogP contribution is 2.16. The lowest BCUT2D eigenvalue weighted by Gasteiger charge is -2.12. The summed E-state index contributed by atoms with van der Waals surface area (Å²) in [6, 6.07) is 9.50. The summed E-state index contributed by atoms with van der Waals surface area (Å²) in [5.41, 5.74) is 1.67. The minimum absolute atomic E-state index is 0.679. The minimum atomic E-state index is 0.679. The summed E-state index contributed by atoms with van der Waals surface area (Å²) in [6.45, 7) is 0.908. The van der Waals surface area contributed by atoms with E-state index in [0.717, 1.165) is 29.6 Å². The zero-order valence-electron chi connectivity index (χ0n) is 8.23. The van der Waals surface area contributed by atoms with Gasteiger partial charge in [0.15, 0.2) is 5.17 Å². The van der Waals surface area contributed by atoms with Gasteiger partial charge in [0.2, 0.25) is 0 Å². The number of thioether (sulfide) groups is 1. The maximum absolute atomic E-state index is 8.65. The molecule has 1 heterocycles. The Morgan fingerprint density at radius 3 is 2.73 bits per heavy atom. The molecule has 0 unspecified atom stereocenters. The van der Waals surface area contributed by atoms with Gasteiger partial charge in [-0.15, -0.1) is 0 Å². The van der Waals surface area contributed by atoms with Crippen LogP contribution < -0.4 is 5.32 Å². The van der Waals surface area contributed by atoms with E-state index >= 15 is 0 Å². The molecule has 0 aliphatic carbocycles. The summed E-state index contributed by atoms with van der Waals surface area (Å²) in [6.07, 6.45) is 1.16. The topological polar surface area (TPSA) is 48.2 Å². The Morgan fingerprint density at radius 1 is 1.33 bits per heavy atom. The summed E-state index contributed by atoms with van der Waals surface area (Å²) in [5, 5.41) is 12.9. The molecule has 1 aromatic carbocycles.